The van der Waals surface area contributed by atoms with Gasteiger partial charge >= 0.3 is 0 Å². The zero-order chi connectivity index (χ0) is 13.4. The molecular formula is C14H15N3OS. The predicted molar refractivity (Wildman–Crippen MR) is 79.5 cm³/mol. The summed E-state index contributed by atoms with van der Waals surface area (Å²) in [5.74, 6) is 0.865. The number of benzene rings is 1. The molecule has 2 aliphatic rings. The van der Waals surface area contributed by atoms with Crippen molar-refractivity contribution in [2.24, 2.45) is 10.1 Å². The monoisotopic (exact) mass is 273 g/mol. The molecule has 0 N–H and O–H groups in total. The molecule has 2 heterocycles. The maximum absolute atomic E-state index is 5.20. The number of aliphatic imine (C=N–C) groups is 1. The van der Waals surface area contributed by atoms with E-state index in [4.69, 9.17) is 4.74 Å². The largest absolute Gasteiger partial charge is 0.497 e. The molecule has 0 fully saturated rings. The van der Waals surface area contributed by atoms with E-state index in [-0.39, 0.29) is 6.04 Å². The molecule has 1 aromatic rings. The summed E-state index contributed by atoms with van der Waals surface area (Å²) in [5.41, 5.74) is 2.22. The van der Waals surface area contributed by atoms with Crippen LogP contribution in [0.15, 0.2) is 46.1 Å². The number of hydrogen-bond acceptors (Lipinski definition) is 5. The van der Waals surface area contributed by atoms with Gasteiger partial charge in [0.05, 0.1) is 18.2 Å². The van der Waals surface area contributed by atoms with E-state index in [0.29, 0.717) is 0 Å². The molecule has 5 heteroatoms. The highest BCUT2D eigenvalue weighted by atomic mass is 32.2. The van der Waals surface area contributed by atoms with Crippen molar-refractivity contribution in [1.82, 2.24) is 5.01 Å². The average molecular weight is 273 g/mol. The van der Waals surface area contributed by atoms with Crippen LogP contribution < -0.4 is 4.74 Å². The number of fused-ring (bicyclic) bond motifs is 1. The van der Waals surface area contributed by atoms with E-state index in [9.17, 15) is 0 Å². The van der Waals surface area contributed by atoms with Crippen LogP contribution >= 0.6 is 11.8 Å². The van der Waals surface area contributed by atoms with Gasteiger partial charge in [-0.1, -0.05) is 12.1 Å². The predicted octanol–water partition coefficient (Wildman–Crippen LogP) is 3.39. The molecule has 2 aliphatic heterocycles. The van der Waals surface area contributed by atoms with Crippen LogP contribution in [0, 0.1) is 0 Å². The number of methoxy groups -OCH3 is 1. The summed E-state index contributed by atoms with van der Waals surface area (Å²) in [4.78, 5) is 4.53. The van der Waals surface area contributed by atoms with E-state index < -0.39 is 0 Å². The molecule has 19 heavy (non-hydrogen) atoms. The summed E-state index contributed by atoms with van der Waals surface area (Å²) < 4.78 is 5.20. The topological polar surface area (TPSA) is 37.2 Å². The summed E-state index contributed by atoms with van der Waals surface area (Å²) in [6, 6.07) is 8.21. The minimum atomic E-state index is 0.114. The molecular weight excluding hydrogens is 258 g/mol. The number of ether oxygens (including phenoxy) is 1. The van der Waals surface area contributed by atoms with Crippen LogP contribution in [-0.4, -0.2) is 22.3 Å². The normalized spacial score (nSPS) is 21.5. The number of nitrogens with zero attached hydrogens (tertiary/aromatic N) is 3. The highest BCUT2D eigenvalue weighted by molar-refractivity contribution is 8.26. The van der Waals surface area contributed by atoms with Crippen molar-refractivity contribution in [3.63, 3.8) is 0 Å². The van der Waals surface area contributed by atoms with Crippen molar-refractivity contribution in [3.8, 4) is 5.75 Å². The standard InChI is InChI=1S/C14H15N3OS/c1-9-8-13(11-4-6-12(18-3)7-5-11)17-14(15-9)19-10(2)16-17/h4-8,13H,1-3H3. The van der Waals surface area contributed by atoms with Gasteiger partial charge in [0.2, 0.25) is 0 Å². The van der Waals surface area contributed by atoms with Crippen LogP contribution in [0.4, 0.5) is 0 Å². The zero-order valence-corrected chi connectivity index (χ0v) is 11.9. The second-order valence-corrected chi connectivity index (χ2v) is 5.65. The first kappa shape index (κ1) is 12.3. The van der Waals surface area contributed by atoms with Crippen LogP contribution in [0.1, 0.15) is 25.5 Å². The molecule has 0 saturated heterocycles. The van der Waals surface area contributed by atoms with Crippen molar-refractivity contribution in [3.05, 3.63) is 41.6 Å². The molecule has 1 atom stereocenters. The van der Waals surface area contributed by atoms with Crippen molar-refractivity contribution >= 4 is 22.0 Å². The lowest BCUT2D eigenvalue weighted by molar-refractivity contribution is 0.388. The smallest absolute Gasteiger partial charge is 0.191 e. The van der Waals surface area contributed by atoms with Gasteiger partial charge in [-0.25, -0.2) is 10.0 Å². The van der Waals surface area contributed by atoms with E-state index in [1.165, 1.54) is 5.56 Å². The van der Waals surface area contributed by atoms with Gasteiger partial charge in [-0.3, -0.25) is 0 Å². The van der Waals surface area contributed by atoms with Crippen LogP contribution in [0.5, 0.6) is 5.75 Å². The third kappa shape index (κ3) is 2.26. The number of thioether (sulfide) groups is 1. The number of amidine groups is 1. The molecule has 0 spiro atoms. The maximum atomic E-state index is 5.20. The molecule has 1 aromatic carbocycles. The first-order valence-corrected chi connectivity index (χ1v) is 6.92. The molecule has 0 aromatic heterocycles. The van der Waals surface area contributed by atoms with Crippen molar-refractivity contribution in [2.45, 2.75) is 19.9 Å². The van der Waals surface area contributed by atoms with Crippen LogP contribution in [0.3, 0.4) is 0 Å². The Labute approximate surface area is 116 Å². The fourth-order valence-corrected chi connectivity index (χ4v) is 3.01. The fraction of sp³-hybridized carbons (Fsp3) is 0.286. The average Bonchev–Trinajstić information content (AvgIpc) is 2.78. The highest BCUT2D eigenvalue weighted by Crippen LogP contribution is 2.36. The van der Waals surface area contributed by atoms with Gasteiger partial charge in [-0.05, 0) is 49.4 Å². The van der Waals surface area contributed by atoms with Crippen LogP contribution in [0.25, 0.3) is 0 Å². The van der Waals surface area contributed by atoms with Gasteiger partial charge in [0.15, 0.2) is 5.17 Å². The Morgan fingerprint density at radius 2 is 1.95 bits per heavy atom. The van der Waals surface area contributed by atoms with Crippen LogP contribution in [0.2, 0.25) is 0 Å². The van der Waals surface area contributed by atoms with E-state index >= 15 is 0 Å². The van der Waals surface area contributed by atoms with E-state index in [1.54, 1.807) is 18.9 Å². The molecule has 3 rings (SSSR count). The number of allylic oxidation sites excluding steroid dienone is 1. The lowest BCUT2D eigenvalue weighted by atomic mass is 10.0. The minimum absolute atomic E-state index is 0.114. The summed E-state index contributed by atoms with van der Waals surface area (Å²) in [6.45, 7) is 4.03. The Bertz CT molecular complexity index is 589. The van der Waals surface area contributed by atoms with Crippen LogP contribution in [-0.2, 0) is 0 Å². The number of rotatable bonds is 2. The summed E-state index contributed by atoms with van der Waals surface area (Å²) in [5, 5.41) is 8.52. The Morgan fingerprint density at radius 1 is 1.21 bits per heavy atom. The summed E-state index contributed by atoms with van der Waals surface area (Å²) in [7, 11) is 1.68. The third-order valence-electron chi connectivity index (χ3n) is 3.08. The molecule has 1 unspecified atom stereocenters. The zero-order valence-electron chi connectivity index (χ0n) is 11.1. The lowest BCUT2D eigenvalue weighted by Gasteiger charge is -2.27. The first-order chi connectivity index (χ1) is 9.17. The SMILES string of the molecule is COc1ccc(C2C=C(C)N=C3SC(C)=NN32)cc1. The Hall–Kier alpha value is -1.75. The molecule has 0 radical (unpaired) electrons. The maximum Gasteiger partial charge on any atom is 0.191 e. The van der Waals surface area contributed by atoms with E-state index in [1.807, 2.05) is 31.0 Å². The summed E-state index contributed by atoms with van der Waals surface area (Å²) >= 11 is 1.62. The number of hydrazone groups is 1. The second-order valence-electron chi connectivity index (χ2n) is 4.49. The Kier molecular flexibility index (Phi) is 3.06. The summed E-state index contributed by atoms with van der Waals surface area (Å²) in [6.07, 6.45) is 2.13. The lowest BCUT2D eigenvalue weighted by Crippen LogP contribution is -2.27. The minimum Gasteiger partial charge on any atom is -0.497 e. The van der Waals surface area contributed by atoms with Crippen molar-refractivity contribution in [2.75, 3.05) is 7.11 Å². The van der Waals surface area contributed by atoms with Gasteiger partial charge in [-0.15, -0.1) is 0 Å². The van der Waals surface area contributed by atoms with E-state index in [0.717, 1.165) is 21.7 Å². The molecule has 4 nitrogen and oxygen atoms in total. The van der Waals surface area contributed by atoms with Gasteiger partial charge < -0.3 is 4.74 Å². The molecule has 0 aliphatic carbocycles. The fourth-order valence-electron chi connectivity index (χ4n) is 2.17. The van der Waals surface area contributed by atoms with E-state index in [2.05, 4.69) is 28.3 Å². The van der Waals surface area contributed by atoms with Gasteiger partial charge in [0, 0.05) is 5.70 Å². The third-order valence-corrected chi connectivity index (χ3v) is 3.91. The molecule has 0 amide bonds. The quantitative estimate of drug-likeness (QED) is 0.829. The van der Waals surface area contributed by atoms with Gasteiger partial charge in [0.25, 0.3) is 0 Å². The Morgan fingerprint density at radius 3 is 2.63 bits per heavy atom. The highest BCUT2D eigenvalue weighted by Gasteiger charge is 2.30. The first-order valence-electron chi connectivity index (χ1n) is 6.11. The molecule has 0 bridgehead atoms. The molecule has 98 valence electrons. The van der Waals surface area contributed by atoms with Gasteiger partial charge in [-0.2, -0.15) is 5.10 Å². The van der Waals surface area contributed by atoms with Gasteiger partial charge in [0.1, 0.15) is 5.75 Å². The number of hydrogen-bond donors (Lipinski definition) is 0. The Balaban J connectivity index is 1.96. The van der Waals surface area contributed by atoms with Crippen molar-refractivity contribution in [1.29, 1.82) is 0 Å². The molecule has 0 saturated carbocycles. The second kappa shape index (κ2) is 4.74. The van der Waals surface area contributed by atoms with Crippen molar-refractivity contribution < 1.29 is 4.74 Å².